The van der Waals surface area contributed by atoms with E-state index in [1.807, 2.05) is 17.5 Å². The van der Waals surface area contributed by atoms with Crippen molar-refractivity contribution < 1.29 is 24.2 Å². The van der Waals surface area contributed by atoms with Gasteiger partial charge in [-0.1, -0.05) is 6.07 Å². The molecule has 0 bridgehead atoms. The van der Waals surface area contributed by atoms with E-state index in [0.717, 1.165) is 0 Å². The lowest BCUT2D eigenvalue weighted by Crippen LogP contribution is -2.29. The van der Waals surface area contributed by atoms with Gasteiger partial charge in [-0.25, -0.2) is 0 Å². The normalized spacial score (nSPS) is 17.3. The summed E-state index contributed by atoms with van der Waals surface area (Å²) in [5.41, 5.74) is 1.11. The quantitative estimate of drug-likeness (QED) is 0.357. The number of carbonyl (C=O) groups is 2. The van der Waals surface area contributed by atoms with Gasteiger partial charge in [0.1, 0.15) is 23.3 Å². The van der Waals surface area contributed by atoms with E-state index < -0.39 is 17.7 Å². The maximum atomic E-state index is 13.1. The van der Waals surface area contributed by atoms with Crippen molar-refractivity contribution in [3.63, 3.8) is 0 Å². The Morgan fingerprint density at radius 3 is 2.44 bits per heavy atom. The first-order valence-electron chi connectivity index (χ1n) is 9.57. The number of anilines is 1. The highest BCUT2D eigenvalue weighted by Gasteiger charge is 2.47. The van der Waals surface area contributed by atoms with Crippen molar-refractivity contribution in [1.29, 1.82) is 5.26 Å². The van der Waals surface area contributed by atoms with Crippen molar-refractivity contribution >= 4 is 34.5 Å². The van der Waals surface area contributed by atoms with Gasteiger partial charge < -0.3 is 14.6 Å². The molecule has 2 aromatic carbocycles. The van der Waals surface area contributed by atoms with Gasteiger partial charge in [-0.2, -0.15) is 5.26 Å². The number of aliphatic hydroxyl groups is 1. The Kier molecular flexibility index (Phi) is 5.67. The molecule has 0 spiro atoms. The fourth-order valence-electron chi connectivity index (χ4n) is 3.65. The first kappa shape index (κ1) is 21.2. The van der Waals surface area contributed by atoms with Crippen LogP contribution in [0.2, 0.25) is 0 Å². The van der Waals surface area contributed by atoms with Crippen LogP contribution < -0.4 is 14.4 Å². The number of thiophene rings is 1. The molecule has 1 aliphatic heterocycles. The molecule has 1 saturated heterocycles. The molecule has 0 saturated carbocycles. The summed E-state index contributed by atoms with van der Waals surface area (Å²) in [6.45, 7) is 0. The van der Waals surface area contributed by atoms with E-state index in [9.17, 15) is 14.7 Å². The number of methoxy groups -OCH3 is 2. The summed E-state index contributed by atoms with van der Waals surface area (Å²) in [4.78, 5) is 28.3. The van der Waals surface area contributed by atoms with Gasteiger partial charge in [0.2, 0.25) is 0 Å². The van der Waals surface area contributed by atoms with Gasteiger partial charge in [-0.3, -0.25) is 14.5 Å². The minimum atomic E-state index is -0.824. The Labute approximate surface area is 188 Å². The average molecular weight is 446 g/mol. The summed E-state index contributed by atoms with van der Waals surface area (Å²) < 4.78 is 10.6. The molecule has 4 rings (SSSR count). The third-order valence-corrected chi connectivity index (χ3v) is 6.12. The third kappa shape index (κ3) is 3.49. The molecule has 1 aromatic heterocycles. The van der Waals surface area contributed by atoms with Crippen molar-refractivity contribution in [2.45, 2.75) is 6.04 Å². The first-order chi connectivity index (χ1) is 15.5. The van der Waals surface area contributed by atoms with Crippen LogP contribution in [0.1, 0.15) is 22.0 Å². The second kappa shape index (κ2) is 8.57. The molecule has 8 heteroatoms. The summed E-state index contributed by atoms with van der Waals surface area (Å²) >= 11 is 1.37. The Bertz CT molecular complexity index is 1260. The molecule has 160 valence electrons. The monoisotopic (exact) mass is 446 g/mol. The number of ketones is 1. The lowest BCUT2D eigenvalue weighted by Gasteiger charge is -2.24. The Morgan fingerprint density at radius 2 is 1.84 bits per heavy atom. The molecule has 3 aromatic rings. The van der Waals surface area contributed by atoms with Crippen LogP contribution >= 0.6 is 11.3 Å². The van der Waals surface area contributed by atoms with Crippen LogP contribution in [0.4, 0.5) is 5.69 Å². The molecule has 7 nitrogen and oxygen atoms in total. The number of Topliss-reactive ketones (excluding diaryl/α,β-unsaturated/α-hetero) is 1. The fraction of sp³-hybridized carbons (Fsp3) is 0.125. The highest BCUT2D eigenvalue weighted by atomic mass is 32.1. The smallest absolute Gasteiger partial charge is 0.300 e. The van der Waals surface area contributed by atoms with Gasteiger partial charge in [0, 0.05) is 16.6 Å². The summed E-state index contributed by atoms with van der Waals surface area (Å²) in [6, 6.07) is 16.0. The van der Waals surface area contributed by atoms with Gasteiger partial charge in [-0.15, -0.1) is 11.3 Å². The molecule has 0 aliphatic carbocycles. The van der Waals surface area contributed by atoms with Crippen molar-refractivity contribution in [1.82, 2.24) is 0 Å². The number of nitrogens with zero attached hydrogens (tertiary/aromatic N) is 2. The second-order valence-corrected chi connectivity index (χ2v) is 7.89. The van der Waals surface area contributed by atoms with Crippen LogP contribution in [0.25, 0.3) is 5.76 Å². The van der Waals surface area contributed by atoms with E-state index >= 15 is 0 Å². The van der Waals surface area contributed by atoms with Gasteiger partial charge in [0.25, 0.3) is 11.7 Å². The zero-order chi connectivity index (χ0) is 22.8. The number of hydrogen-bond donors (Lipinski definition) is 1. The van der Waals surface area contributed by atoms with Crippen LogP contribution in [-0.2, 0) is 9.59 Å². The number of benzene rings is 2. The maximum absolute atomic E-state index is 13.1. The third-order valence-electron chi connectivity index (χ3n) is 5.20. The molecule has 1 N–H and O–H groups in total. The lowest BCUT2D eigenvalue weighted by molar-refractivity contribution is -0.132. The van der Waals surface area contributed by atoms with E-state index in [1.54, 1.807) is 48.5 Å². The van der Waals surface area contributed by atoms with Crippen molar-refractivity contribution in [3.8, 4) is 17.6 Å². The Hall–Kier alpha value is -4.09. The standard InChI is InChI=1S/C24H18N2O5S/c1-30-16-9-10-17(18(12-16)31-2)22(27)20-21(19-4-3-11-32-19)26(24(29)23(20)28)15-7-5-14(13-25)6-8-15/h3-12,21,27H,1-2H3/b22-20-. The second-order valence-electron chi connectivity index (χ2n) is 6.91. The lowest BCUT2D eigenvalue weighted by atomic mass is 9.99. The number of nitriles is 1. The van der Waals surface area contributed by atoms with Gasteiger partial charge in [0.05, 0.1) is 37.0 Å². The molecule has 1 aliphatic rings. The number of carbonyl (C=O) groups excluding carboxylic acids is 2. The van der Waals surface area contributed by atoms with E-state index in [0.29, 0.717) is 27.6 Å². The van der Waals surface area contributed by atoms with Crippen LogP contribution in [0.15, 0.2) is 65.6 Å². The molecule has 1 unspecified atom stereocenters. The molecular weight excluding hydrogens is 428 g/mol. The zero-order valence-electron chi connectivity index (χ0n) is 17.2. The predicted molar refractivity (Wildman–Crippen MR) is 120 cm³/mol. The van der Waals surface area contributed by atoms with Gasteiger partial charge >= 0.3 is 0 Å². The van der Waals surface area contributed by atoms with Crippen LogP contribution in [0, 0.1) is 11.3 Å². The van der Waals surface area contributed by atoms with Crippen LogP contribution in [-0.4, -0.2) is 31.0 Å². The maximum Gasteiger partial charge on any atom is 0.300 e. The van der Waals surface area contributed by atoms with Crippen LogP contribution in [0.5, 0.6) is 11.5 Å². The predicted octanol–water partition coefficient (Wildman–Crippen LogP) is 4.26. The zero-order valence-corrected chi connectivity index (χ0v) is 18.1. The Morgan fingerprint density at radius 1 is 1.09 bits per heavy atom. The minimum Gasteiger partial charge on any atom is -0.507 e. The van der Waals surface area contributed by atoms with E-state index in [1.165, 1.54) is 30.5 Å². The van der Waals surface area contributed by atoms with Crippen molar-refractivity contribution in [2.75, 3.05) is 19.1 Å². The molecule has 1 fully saturated rings. The molecule has 0 radical (unpaired) electrons. The average Bonchev–Trinajstić information content (AvgIpc) is 3.45. The highest BCUT2D eigenvalue weighted by Crippen LogP contribution is 2.44. The van der Waals surface area contributed by atoms with Gasteiger partial charge in [-0.05, 0) is 47.8 Å². The number of aliphatic hydroxyl groups excluding tert-OH is 1. The number of amides is 1. The summed E-state index contributed by atoms with van der Waals surface area (Å²) in [7, 11) is 2.95. The molecule has 32 heavy (non-hydrogen) atoms. The fourth-order valence-corrected chi connectivity index (χ4v) is 4.47. The summed E-state index contributed by atoms with van der Waals surface area (Å²) in [6.07, 6.45) is 0. The summed E-state index contributed by atoms with van der Waals surface area (Å²) in [5, 5.41) is 22.1. The van der Waals surface area contributed by atoms with Crippen molar-refractivity contribution in [2.24, 2.45) is 0 Å². The highest BCUT2D eigenvalue weighted by molar-refractivity contribution is 7.10. The molecule has 2 heterocycles. The van der Waals surface area contributed by atoms with Crippen LogP contribution in [0.3, 0.4) is 0 Å². The minimum absolute atomic E-state index is 0.0368. The number of ether oxygens (including phenoxy) is 2. The SMILES string of the molecule is COc1ccc(/C(O)=C2/C(=O)C(=O)N(c3ccc(C#N)cc3)C2c2cccs2)c(OC)c1. The van der Waals surface area contributed by atoms with E-state index in [-0.39, 0.29) is 16.9 Å². The van der Waals surface area contributed by atoms with E-state index in [4.69, 9.17) is 14.7 Å². The number of hydrogen-bond acceptors (Lipinski definition) is 7. The largest absolute Gasteiger partial charge is 0.507 e. The Balaban J connectivity index is 1.92. The van der Waals surface area contributed by atoms with Gasteiger partial charge in [0.15, 0.2) is 0 Å². The molecular formula is C24H18N2O5S. The van der Waals surface area contributed by atoms with E-state index in [2.05, 4.69) is 0 Å². The first-order valence-corrected chi connectivity index (χ1v) is 10.4. The molecule has 1 amide bonds. The topological polar surface area (TPSA) is 99.9 Å². The number of rotatable bonds is 5. The van der Waals surface area contributed by atoms with Crippen molar-refractivity contribution in [3.05, 3.63) is 81.6 Å². The molecule has 1 atom stereocenters. The summed E-state index contributed by atoms with van der Waals surface area (Å²) in [5.74, 6) is -1.08.